The molecular weight excluding hydrogens is 516 g/mol. The smallest absolute Gasteiger partial charge is 0.0186 e. The average molecular weight is 555 g/mol. The first-order valence-corrected chi connectivity index (χ1v) is 11.0. The Labute approximate surface area is 222 Å². The molecule has 0 aromatic heterocycles. The van der Waals surface area contributed by atoms with Crippen molar-refractivity contribution < 1.29 is 21.1 Å². The van der Waals surface area contributed by atoms with Crippen molar-refractivity contribution in [3.05, 3.63) is 0 Å². The van der Waals surface area contributed by atoms with Gasteiger partial charge in [0.15, 0.2) is 0 Å². The van der Waals surface area contributed by atoms with E-state index >= 15 is 0 Å². The van der Waals surface area contributed by atoms with Crippen LogP contribution in [0.2, 0.25) is 0 Å². The van der Waals surface area contributed by atoms with Gasteiger partial charge in [0.05, 0.1) is 0 Å². The van der Waals surface area contributed by atoms with Crippen molar-refractivity contribution in [2.45, 2.75) is 88.1 Å². The van der Waals surface area contributed by atoms with Crippen molar-refractivity contribution in [1.82, 2.24) is 10.6 Å². The van der Waals surface area contributed by atoms with Crippen LogP contribution in [0.15, 0.2) is 0 Å². The van der Waals surface area contributed by atoms with Crippen LogP contribution in [0, 0.1) is 35.5 Å². The van der Waals surface area contributed by atoms with Crippen molar-refractivity contribution in [2.75, 3.05) is 14.1 Å². The molecule has 0 unspecified atom stereocenters. The van der Waals surface area contributed by atoms with Gasteiger partial charge in [-0.1, -0.05) is 0 Å². The summed E-state index contributed by atoms with van der Waals surface area (Å²) in [5.74, 6) is 6.52. The standard InChI is InChI=1S/2C11H19N.Mo.4S/c2*1-12-11-5-8-2-9(6-11)4-10(3-8)7-11;;;;;/h2*8-10,12H,2-7H2,1H3;;;;;/q;;;4*-2. The molecule has 8 aliphatic rings. The molecular formula is C22H38MoN2S4-8. The molecule has 0 aliphatic heterocycles. The van der Waals surface area contributed by atoms with Gasteiger partial charge in [0.1, 0.15) is 0 Å². The maximum absolute atomic E-state index is 3.61. The van der Waals surface area contributed by atoms with Crippen molar-refractivity contribution >= 4 is 54.0 Å². The Bertz CT molecular complexity index is 391. The predicted octanol–water partition coefficient (Wildman–Crippen LogP) is 4.34. The Hall–Kier alpha value is 2.01. The Morgan fingerprint density at radius 3 is 0.759 bits per heavy atom. The maximum atomic E-state index is 3.61. The largest absolute Gasteiger partial charge is 2.00 e. The van der Waals surface area contributed by atoms with E-state index in [1.165, 1.54) is 38.5 Å². The number of nitrogens with one attached hydrogen (secondary N) is 2. The third-order valence-corrected chi connectivity index (χ3v) is 9.14. The summed E-state index contributed by atoms with van der Waals surface area (Å²) >= 11 is 0. The zero-order valence-corrected chi connectivity index (χ0v) is 23.3. The Kier molecular flexibility index (Phi) is 12.8. The summed E-state index contributed by atoms with van der Waals surface area (Å²) < 4.78 is 0. The van der Waals surface area contributed by atoms with Crippen LogP contribution in [0.5, 0.6) is 0 Å². The minimum absolute atomic E-state index is 0. The van der Waals surface area contributed by atoms with Crippen LogP contribution in [-0.2, 0) is 75.0 Å². The van der Waals surface area contributed by atoms with Gasteiger partial charge < -0.3 is 64.6 Å². The van der Waals surface area contributed by atoms with E-state index in [0.717, 1.165) is 35.5 Å². The third-order valence-electron chi connectivity index (χ3n) is 9.14. The summed E-state index contributed by atoms with van der Waals surface area (Å²) in [6.07, 6.45) is 18.2. The van der Waals surface area contributed by atoms with E-state index in [1.54, 1.807) is 38.5 Å². The summed E-state index contributed by atoms with van der Waals surface area (Å²) in [5, 5.41) is 7.22. The first kappa shape index (κ1) is 31.0. The van der Waals surface area contributed by atoms with Crippen LogP contribution in [0.25, 0.3) is 0 Å². The van der Waals surface area contributed by atoms with Gasteiger partial charge in [0, 0.05) is 32.1 Å². The summed E-state index contributed by atoms with van der Waals surface area (Å²) in [4.78, 5) is 0. The van der Waals surface area contributed by atoms with Crippen LogP contribution >= 0.6 is 0 Å². The summed E-state index contributed by atoms with van der Waals surface area (Å²) in [5.41, 5.74) is 1.18. The quantitative estimate of drug-likeness (QED) is 0.497. The van der Waals surface area contributed by atoms with Crippen molar-refractivity contribution in [3.8, 4) is 0 Å². The van der Waals surface area contributed by atoms with E-state index in [4.69, 9.17) is 0 Å². The van der Waals surface area contributed by atoms with Crippen LogP contribution in [0.4, 0.5) is 0 Å². The van der Waals surface area contributed by atoms with Crippen LogP contribution in [0.3, 0.4) is 0 Å². The van der Waals surface area contributed by atoms with Gasteiger partial charge in [0.2, 0.25) is 0 Å². The first-order valence-electron chi connectivity index (χ1n) is 11.0. The second kappa shape index (κ2) is 11.9. The molecule has 0 aromatic rings. The topological polar surface area (TPSA) is 24.1 Å². The summed E-state index contributed by atoms with van der Waals surface area (Å²) in [6, 6.07) is 0. The average Bonchev–Trinajstić information content (AvgIpc) is 2.53. The van der Waals surface area contributed by atoms with Crippen molar-refractivity contribution in [3.63, 3.8) is 0 Å². The SMILES string of the molecule is CNC12CC3CC(CC(C3)C1)C2.CNC12CC3CC(CC(C3)C1)C2.[Mo].[S-2].[S-2].[S-2].[S-2]. The molecule has 0 radical (unpaired) electrons. The molecule has 0 atom stereocenters. The fraction of sp³-hybridized carbons (Fsp3) is 1.00. The zero-order valence-electron chi connectivity index (χ0n) is 18.0. The molecule has 29 heavy (non-hydrogen) atoms. The maximum Gasteiger partial charge on any atom is 0.0186 e. The Morgan fingerprint density at radius 2 is 0.621 bits per heavy atom. The van der Waals surface area contributed by atoms with Gasteiger partial charge in [-0.05, 0) is 127 Å². The Morgan fingerprint density at radius 1 is 0.448 bits per heavy atom. The molecule has 0 amide bonds. The molecule has 8 bridgehead atoms. The van der Waals surface area contributed by atoms with Crippen molar-refractivity contribution in [2.24, 2.45) is 35.5 Å². The fourth-order valence-corrected chi connectivity index (χ4v) is 8.83. The number of rotatable bonds is 2. The van der Waals surface area contributed by atoms with Crippen molar-refractivity contribution in [1.29, 1.82) is 0 Å². The minimum Gasteiger partial charge on any atom is -2.00 e. The van der Waals surface area contributed by atoms with E-state index in [-0.39, 0.29) is 75.0 Å². The first-order chi connectivity index (χ1) is 11.6. The molecule has 0 heterocycles. The number of hydrogen-bond donors (Lipinski definition) is 2. The zero-order chi connectivity index (χ0) is 16.4. The van der Waals surface area contributed by atoms with Gasteiger partial charge >= 0.3 is 0 Å². The molecule has 2 nitrogen and oxygen atoms in total. The third kappa shape index (κ3) is 6.12. The molecule has 0 spiro atoms. The van der Waals surface area contributed by atoms with Gasteiger partial charge in [-0.2, -0.15) is 0 Å². The molecule has 8 aliphatic carbocycles. The van der Waals surface area contributed by atoms with Gasteiger partial charge in [-0.25, -0.2) is 0 Å². The second-order valence-electron chi connectivity index (χ2n) is 10.9. The molecule has 0 saturated heterocycles. The fourth-order valence-electron chi connectivity index (χ4n) is 8.83. The van der Waals surface area contributed by atoms with E-state index in [9.17, 15) is 0 Å². The van der Waals surface area contributed by atoms with Crippen LogP contribution in [-0.4, -0.2) is 25.2 Å². The predicted molar refractivity (Wildman–Crippen MR) is 129 cm³/mol. The minimum atomic E-state index is 0. The van der Waals surface area contributed by atoms with Gasteiger partial charge in [0.25, 0.3) is 0 Å². The monoisotopic (exact) mass is 556 g/mol. The molecule has 8 fully saturated rings. The molecule has 8 saturated carbocycles. The van der Waals surface area contributed by atoms with E-state index in [0.29, 0.717) is 11.1 Å². The summed E-state index contributed by atoms with van der Waals surface area (Å²) in [6.45, 7) is 0. The molecule has 174 valence electrons. The van der Waals surface area contributed by atoms with E-state index < -0.39 is 0 Å². The van der Waals surface area contributed by atoms with Crippen LogP contribution in [0.1, 0.15) is 77.0 Å². The molecule has 0 aromatic carbocycles. The van der Waals surface area contributed by atoms with E-state index in [1.807, 2.05) is 0 Å². The molecule has 2 N–H and O–H groups in total. The van der Waals surface area contributed by atoms with Gasteiger partial charge in [-0.3, -0.25) is 0 Å². The van der Waals surface area contributed by atoms with Gasteiger partial charge in [-0.15, -0.1) is 0 Å². The normalized spacial score (nSPS) is 46.6. The second-order valence-corrected chi connectivity index (χ2v) is 10.9. The Balaban J connectivity index is 0.000000461. The van der Waals surface area contributed by atoms with Crippen LogP contribution < -0.4 is 10.6 Å². The molecule has 7 heteroatoms. The molecule has 8 rings (SSSR count). The van der Waals surface area contributed by atoms with E-state index in [2.05, 4.69) is 24.7 Å². The number of hydrogen-bond acceptors (Lipinski definition) is 2. The summed E-state index contributed by atoms with van der Waals surface area (Å²) in [7, 11) is 4.35.